The first kappa shape index (κ1) is 15.6. The van der Waals surface area contributed by atoms with E-state index in [1.807, 2.05) is 13.0 Å². The van der Waals surface area contributed by atoms with Crippen molar-refractivity contribution in [3.05, 3.63) is 29.8 Å². The van der Waals surface area contributed by atoms with Gasteiger partial charge in [-0.05, 0) is 30.7 Å². The van der Waals surface area contributed by atoms with Crippen LogP contribution in [0.25, 0.3) is 0 Å². The van der Waals surface area contributed by atoms with Gasteiger partial charge in [-0.3, -0.25) is 0 Å². The van der Waals surface area contributed by atoms with Crippen LogP contribution in [0.3, 0.4) is 0 Å². The summed E-state index contributed by atoms with van der Waals surface area (Å²) in [4.78, 5) is 0.154. The van der Waals surface area contributed by atoms with E-state index in [0.717, 1.165) is 19.3 Å². The van der Waals surface area contributed by atoms with Crippen LogP contribution in [0.5, 0.6) is 0 Å². The molecule has 0 radical (unpaired) electrons. The van der Waals surface area contributed by atoms with Gasteiger partial charge in [0.1, 0.15) is 0 Å². The van der Waals surface area contributed by atoms with Crippen molar-refractivity contribution in [1.82, 2.24) is 4.72 Å². The molecule has 5 nitrogen and oxygen atoms in total. The summed E-state index contributed by atoms with van der Waals surface area (Å²) in [5, 5.41) is 8.68. The zero-order valence-electron chi connectivity index (χ0n) is 11.0. The monoisotopic (exact) mass is 281 g/mol. The van der Waals surface area contributed by atoms with Gasteiger partial charge in [-0.2, -0.15) is 5.26 Å². The third-order valence-corrected chi connectivity index (χ3v) is 4.34. The van der Waals surface area contributed by atoms with Crippen molar-refractivity contribution in [2.75, 3.05) is 6.54 Å². The molecule has 19 heavy (non-hydrogen) atoms. The molecule has 0 fully saturated rings. The number of sulfonamides is 1. The number of hydrogen-bond donors (Lipinski definition) is 2. The molecule has 1 unspecified atom stereocenters. The van der Waals surface area contributed by atoms with Crippen LogP contribution in [0.4, 0.5) is 0 Å². The van der Waals surface area contributed by atoms with Gasteiger partial charge in [-0.25, -0.2) is 13.1 Å². The molecule has 0 amide bonds. The number of benzene rings is 1. The van der Waals surface area contributed by atoms with E-state index in [-0.39, 0.29) is 17.5 Å². The summed E-state index contributed by atoms with van der Waals surface area (Å²) >= 11 is 0. The molecule has 1 aromatic carbocycles. The molecular formula is C13H19N3O2S. The summed E-state index contributed by atoms with van der Waals surface area (Å²) in [6.07, 6.45) is 2.65. The van der Waals surface area contributed by atoms with E-state index < -0.39 is 10.0 Å². The Balaban J connectivity index is 2.81. The molecule has 0 spiro atoms. The molecule has 3 N–H and O–H groups in total. The lowest BCUT2D eigenvalue weighted by Crippen LogP contribution is -2.40. The van der Waals surface area contributed by atoms with Crippen LogP contribution >= 0.6 is 0 Å². The number of nitrogens with one attached hydrogen (secondary N) is 1. The van der Waals surface area contributed by atoms with Gasteiger partial charge in [0, 0.05) is 12.6 Å². The van der Waals surface area contributed by atoms with Crippen LogP contribution in [-0.2, 0) is 10.0 Å². The van der Waals surface area contributed by atoms with E-state index in [2.05, 4.69) is 4.72 Å². The molecule has 1 rings (SSSR count). The highest BCUT2D eigenvalue weighted by Gasteiger charge is 2.18. The number of hydrogen-bond acceptors (Lipinski definition) is 4. The van der Waals surface area contributed by atoms with Crippen LogP contribution in [0, 0.1) is 11.3 Å². The first-order chi connectivity index (χ1) is 9.03. The fraction of sp³-hybridized carbons (Fsp3) is 0.462. The molecule has 0 bridgehead atoms. The van der Waals surface area contributed by atoms with Crippen LogP contribution in [0.1, 0.15) is 31.7 Å². The van der Waals surface area contributed by atoms with E-state index in [4.69, 9.17) is 11.0 Å². The fourth-order valence-corrected chi connectivity index (χ4v) is 2.95. The minimum atomic E-state index is -3.57. The molecule has 1 aromatic rings. The molecule has 0 saturated heterocycles. The largest absolute Gasteiger partial charge is 0.329 e. The molecule has 0 heterocycles. The average molecular weight is 281 g/mol. The Kier molecular flexibility index (Phi) is 5.96. The summed E-state index contributed by atoms with van der Waals surface area (Å²) in [6, 6.07) is 7.52. The maximum atomic E-state index is 12.1. The molecule has 6 heteroatoms. The number of rotatable bonds is 7. The second-order valence-corrected chi connectivity index (χ2v) is 6.05. The third kappa shape index (κ3) is 4.63. The second-order valence-electron chi connectivity index (χ2n) is 4.33. The topological polar surface area (TPSA) is 96.0 Å². The maximum Gasteiger partial charge on any atom is 0.240 e. The summed E-state index contributed by atoms with van der Waals surface area (Å²) in [6.45, 7) is 2.32. The number of nitrogens with zero attached hydrogens (tertiary/aromatic N) is 1. The van der Waals surface area contributed by atoms with E-state index in [0.29, 0.717) is 5.56 Å². The first-order valence-electron chi connectivity index (χ1n) is 6.26. The highest BCUT2D eigenvalue weighted by Crippen LogP contribution is 2.11. The van der Waals surface area contributed by atoms with Gasteiger partial charge in [-0.1, -0.05) is 19.8 Å². The van der Waals surface area contributed by atoms with E-state index in [1.165, 1.54) is 24.3 Å². The van der Waals surface area contributed by atoms with Gasteiger partial charge in [0.2, 0.25) is 10.0 Å². The van der Waals surface area contributed by atoms with E-state index in [1.54, 1.807) is 0 Å². The molecule has 0 aliphatic rings. The molecule has 104 valence electrons. The van der Waals surface area contributed by atoms with Crippen LogP contribution in [0.15, 0.2) is 29.2 Å². The third-order valence-electron chi connectivity index (χ3n) is 2.81. The van der Waals surface area contributed by atoms with E-state index >= 15 is 0 Å². The predicted octanol–water partition coefficient (Wildman–Crippen LogP) is 1.35. The Morgan fingerprint density at radius 1 is 1.37 bits per heavy atom. The highest BCUT2D eigenvalue weighted by atomic mass is 32.2. The highest BCUT2D eigenvalue weighted by molar-refractivity contribution is 7.89. The quantitative estimate of drug-likeness (QED) is 0.788. The van der Waals surface area contributed by atoms with Crippen LogP contribution < -0.4 is 10.5 Å². The smallest absolute Gasteiger partial charge is 0.240 e. The number of nitrogens with two attached hydrogens (primary N) is 1. The zero-order valence-corrected chi connectivity index (χ0v) is 11.8. The minimum Gasteiger partial charge on any atom is -0.329 e. The fourth-order valence-electron chi connectivity index (χ4n) is 1.67. The van der Waals surface area contributed by atoms with Crippen molar-refractivity contribution in [3.63, 3.8) is 0 Å². The molecule has 0 saturated carbocycles. The Labute approximate surface area is 114 Å². The molecule has 0 aliphatic carbocycles. The van der Waals surface area contributed by atoms with Gasteiger partial charge in [0.15, 0.2) is 0 Å². The molecule has 0 aromatic heterocycles. The van der Waals surface area contributed by atoms with Crippen molar-refractivity contribution < 1.29 is 8.42 Å². The van der Waals surface area contributed by atoms with Gasteiger partial charge in [0.05, 0.1) is 16.5 Å². The first-order valence-corrected chi connectivity index (χ1v) is 7.74. The van der Waals surface area contributed by atoms with Crippen molar-refractivity contribution in [2.45, 2.75) is 37.1 Å². The Morgan fingerprint density at radius 3 is 2.47 bits per heavy atom. The van der Waals surface area contributed by atoms with Gasteiger partial charge >= 0.3 is 0 Å². The Morgan fingerprint density at radius 2 is 2.00 bits per heavy atom. The summed E-state index contributed by atoms with van der Waals surface area (Å²) in [5.41, 5.74) is 6.01. The van der Waals surface area contributed by atoms with E-state index in [9.17, 15) is 8.42 Å². The van der Waals surface area contributed by atoms with Crippen molar-refractivity contribution >= 4 is 10.0 Å². The lowest BCUT2D eigenvalue weighted by atomic mass is 10.1. The van der Waals surface area contributed by atoms with Gasteiger partial charge in [0.25, 0.3) is 0 Å². The zero-order chi connectivity index (χ0) is 14.3. The Bertz CT molecular complexity index is 532. The normalized spacial score (nSPS) is 12.9. The average Bonchev–Trinajstić information content (AvgIpc) is 2.43. The predicted molar refractivity (Wildman–Crippen MR) is 73.8 cm³/mol. The van der Waals surface area contributed by atoms with Crippen molar-refractivity contribution in [1.29, 1.82) is 5.26 Å². The summed E-state index contributed by atoms with van der Waals surface area (Å²) in [5.74, 6) is 0. The molecule has 0 aliphatic heterocycles. The molecular weight excluding hydrogens is 262 g/mol. The maximum absolute atomic E-state index is 12.1. The lowest BCUT2D eigenvalue weighted by molar-refractivity contribution is 0.516. The number of unbranched alkanes of at least 4 members (excludes halogenated alkanes) is 1. The minimum absolute atomic E-state index is 0.154. The summed E-state index contributed by atoms with van der Waals surface area (Å²) < 4.78 is 26.8. The number of nitriles is 1. The van der Waals surface area contributed by atoms with Gasteiger partial charge in [-0.15, -0.1) is 0 Å². The lowest BCUT2D eigenvalue weighted by Gasteiger charge is -2.16. The van der Waals surface area contributed by atoms with Crippen LogP contribution in [0.2, 0.25) is 0 Å². The Hall–Kier alpha value is -1.42. The van der Waals surface area contributed by atoms with Crippen molar-refractivity contribution in [3.8, 4) is 6.07 Å². The molecule has 1 atom stereocenters. The SMILES string of the molecule is CCCCC(CN)NS(=O)(=O)c1ccc(C#N)cc1. The standard InChI is InChI=1S/C13H19N3O2S/c1-2-3-4-12(10-15)16-19(17,18)13-7-5-11(9-14)6-8-13/h5-8,12,16H,2-4,10,15H2,1H3. The van der Waals surface area contributed by atoms with Crippen molar-refractivity contribution in [2.24, 2.45) is 5.73 Å². The van der Waals surface area contributed by atoms with Crippen LogP contribution in [-0.4, -0.2) is 21.0 Å². The second kappa shape index (κ2) is 7.24. The van der Waals surface area contributed by atoms with Gasteiger partial charge < -0.3 is 5.73 Å². The summed E-state index contributed by atoms with van der Waals surface area (Å²) in [7, 11) is -3.57.